The second-order valence-corrected chi connectivity index (χ2v) is 9.64. The minimum atomic E-state index is -0.340. The molecule has 0 bridgehead atoms. The SMILES string of the molecule is Cc1ccc(C2C(=O)Oc3c2cc(C(C)(C)C)cc3C(C)(C)C)cc1C. The van der Waals surface area contributed by atoms with Crippen LogP contribution in [0.15, 0.2) is 30.3 Å². The monoisotopic (exact) mass is 350 g/mol. The molecule has 1 aliphatic heterocycles. The summed E-state index contributed by atoms with van der Waals surface area (Å²) in [6, 6.07) is 10.7. The first-order valence-electron chi connectivity index (χ1n) is 9.37. The van der Waals surface area contributed by atoms with E-state index in [1.54, 1.807) is 0 Å². The van der Waals surface area contributed by atoms with Gasteiger partial charge in [0.15, 0.2) is 0 Å². The molecule has 0 saturated heterocycles. The maximum Gasteiger partial charge on any atom is 0.323 e. The van der Waals surface area contributed by atoms with E-state index in [0.29, 0.717) is 0 Å². The molecule has 2 nitrogen and oxygen atoms in total. The summed E-state index contributed by atoms with van der Waals surface area (Å²) >= 11 is 0. The Morgan fingerprint density at radius 1 is 0.846 bits per heavy atom. The van der Waals surface area contributed by atoms with Gasteiger partial charge in [-0.3, -0.25) is 4.79 Å². The van der Waals surface area contributed by atoms with Crippen molar-refractivity contribution in [2.75, 3.05) is 0 Å². The highest BCUT2D eigenvalue weighted by Gasteiger charge is 2.39. The van der Waals surface area contributed by atoms with Gasteiger partial charge in [0.05, 0.1) is 0 Å². The average Bonchev–Trinajstić information content (AvgIpc) is 2.83. The molecule has 0 N–H and O–H groups in total. The summed E-state index contributed by atoms with van der Waals surface area (Å²) in [5, 5.41) is 0. The zero-order valence-corrected chi connectivity index (χ0v) is 17.3. The Bertz CT molecular complexity index is 876. The van der Waals surface area contributed by atoms with Crippen LogP contribution in [0.4, 0.5) is 0 Å². The Kier molecular flexibility index (Phi) is 4.29. The van der Waals surface area contributed by atoms with Gasteiger partial charge in [-0.2, -0.15) is 0 Å². The quantitative estimate of drug-likeness (QED) is 0.469. The molecule has 0 aromatic heterocycles. The number of carbonyl (C=O) groups excluding carboxylic acids is 1. The van der Waals surface area contributed by atoms with E-state index in [0.717, 1.165) is 22.4 Å². The molecule has 138 valence electrons. The first kappa shape index (κ1) is 18.7. The van der Waals surface area contributed by atoms with Crippen molar-refractivity contribution < 1.29 is 9.53 Å². The zero-order chi connectivity index (χ0) is 19.4. The summed E-state index contributed by atoms with van der Waals surface area (Å²) in [6.07, 6.45) is 0. The number of hydrogen-bond acceptors (Lipinski definition) is 2. The molecule has 0 radical (unpaired) electrons. The van der Waals surface area contributed by atoms with Gasteiger partial charge in [-0.15, -0.1) is 0 Å². The van der Waals surface area contributed by atoms with Gasteiger partial charge in [0.2, 0.25) is 0 Å². The van der Waals surface area contributed by atoms with Gasteiger partial charge in [-0.05, 0) is 46.9 Å². The molecule has 0 fully saturated rings. The summed E-state index contributed by atoms with van der Waals surface area (Å²) in [4.78, 5) is 12.8. The van der Waals surface area contributed by atoms with Gasteiger partial charge in [0.1, 0.15) is 11.7 Å². The smallest absolute Gasteiger partial charge is 0.323 e. The Balaban J connectivity index is 2.26. The van der Waals surface area contributed by atoms with E-state index >= 15 is 0 Å². The summed E-state index contributed by atoms with van der Waals surface area (Å²) in [7, 11) is 0. The highest BCUT2D eigenvalue weighted by molar-refractivity contribution is 5.90. The number of aryl methyl sites for hydroxylation is 2. The van der Waals surface area contributed by atoms with Crippen LogP contribution in [0, 0.1) is 13.8 Å². The molecule has 1 heterocycles. The summed E-state index contributed by atoms with van der Waals surface area (Å²) in [5.74, 6) is 0.256. The number of rotatable bonds is 1. The third-order valence-corrected chi connectivity index (χ3v) is 5.41. The van der Waals surface area contributed by atoms with Crippen LogP contribution in [-0.2, 0) is 15.6 Å². The topological polar surface area (TPSA) is 26.3 Å². The molecule has 1 atom stereocenters. The number of ether oxygens (including phenoxy) is 1. The predicted octanol–water partition coefficient (Wildman–Crippen LogP) is 5.95. The Labute approximate surface area is 157 Å². The zero-order valence-electron chi connectivity index (χ0n) is 17.3. The maximum absolute atomic E-state index is 12.8. The largest absolute Gasteiger partial charge is 0.425 e. The maximum atomic E-state index is 12.8. The highest BCUT2D eigenvalue weighted by Crippen LogP contribution is 2.47. The normalized spacial score (nSPS) is 17.2. The summed E-state index contributed by atoms with van der Waals surface area (Å²) < 4.78 is 5.83. The molecule has 0 aliphatic carbocycles. The third kappa shape index (κ3) is 3.18. The van der Waals surface area contributed by atoms with E-state index in [1.165, 1.54) is 16.7 Å². The van der Waals surface area contributed by atoms with Crippen molar-refractivity contribution in [2.45, 2.75) is 72.1 Å². The summed E-state index contributed by atoms with van der Waals surface area (Å²) in [5.41, 5.74) is 6.73. The lowest BCUT2D eigenvalue weighted by atomic mass is 9.77. The van der Waals surface area contributed by atoms with Crippen LogP contribution in [0.5, 0.6) is 5.75 Å². The molecule has 0 saturated carbocycles. The molecule has 1 aliphatic rings. The fourth-order valence-electron chi connectivity index (χ4n) is 3.52. The summed E-state index contributed by atoms with van der Waals surface area (Å²) in [6.45, 7) is 17.3. The fraction of sp³-hybridized carbons (Fsp3) is 0.458. The lowest BCUT2D eigenvalue weighted by Crippen LogP contribution is -2.17. The number of esters is 1. The van der Waals surface area contributed by atoms with Crippen LogP contribution in [0.2, 0.25) is 0 Å². The van der Waals surface area contributed by atoms with Crippen LogP contribution in [-0.4, -0.2) is 5.97 Å². The van der Waals surface area contributed by atoms with E-state index in [-0.39, 0.29) is 22.7 Å². The number of carbonyl (C=O) groups is 1. The van der Waals surface area contributed by atoms with Crippen molar-refractivity contribution in [3.05, 3.63) is 63.7 Å². The highest BCUT2D eigenvalue weighted by atomic mass is 16.5. The van der Waals surface area contributed by atoms with Crippen molar-refractivity contribution in [3.63, 3.8) is 0 Å². The van der Waals surface area contributed by atoms with Gasteiger partial charge in [0, 0.05) is 11.1 Å². The van der Waals surface area contributed by atoms with E-state index in [4.69, 9.17) is 4.74 Å². The molecule has 0 spiro atoms. The van der Waals surface area contributed by atoms with Gasteiger partial charge in [-0.25, -0.2) is 0 Å². The minimum Gasteiger partial charge on any atom is -0.425 e. The van der Waals surface area contributed by atoms with Gasteiger partial charge < -0.3 is 4.74 Å². The number of fused-ring (bicyclic) bond motifs is 1. The van der Waals surface area contributed by atoms with Gasteiger partial charge in [0.25, 0.3) is 0 Å². The molecular weight excluding hydrogens is 320 g/mol. The van der Waals surface area contributed by atoms with Crippen LogP contribution in [0.25, 0.3) is 0 Å². The van der Waals surface area contributed by atoms with E-state index < -0.39 is 0 Å². The second kappa shape index (κ2) is 5.97. The predicted molar refractivity (Wildman–Crippen MR) is 107 cm³/mol. The molecule has 26 heavy (non-hydrogen) atoms. The molecule has 0 amide bonds. The second-order valence-electron chi connectivity index (χ2n) is 9.64. The molecule has 2 aromatic rings. The van der Waals surface area contributed by atoms with Crippen LogP contribution >= 0.6 is 0 Å². The van der Waals surface area contributed by atoms with Crippen molar-refractivity contribution >= 4 is 5.97 Å². The fourth-order valence-corrected chi connectivity index (χ4v) is 3.52. The van der Waals surface area contributed by atoms with Crippen molar-refractivity contribution in [1.29, 1.82) is 0 Å². The van der Waals surface area contributed by atoms with Crippen LogP contribution in [0.1, 0.15) is 80.8 Å². The first-order chi connectivity index (χ1) is 11.9. The van der Waals surface area contributed by atoms with Crippen LogP contribution < -0.4 is 4.74 Å². The molecule has 2 aromatic carbocycles. The van der Waals surface area contributed by atoms with E-state index in [9.17, 15) is 4.79 Å². The van der Waals surface area contributed by atoms with Crippen molar-refractivity contribution in [3.8, 4) is 5.75 Å². The standard InChI is InChI=1S/C24H30O2/c1-14-9-10-16(11-15(14)2)20-18-12-17(23(3,4)5)13-19(24(6,7)8)21(18)26-22(20)25/h9-13,20H,1-8H3. The van der Waals surface area contributed by atoms with Crippen molar-refractivity contribution in [1.82, 2.24) is 0 Å². The van der Waals surface area contributed by atoms with Crippen molar-refractivity contribution in [2.24, 2.45) is 0 Å². The Hall–Kier alpha value is -2.09. The van der Waals surface area contributed by atoms with Gasteiger partial charge >= 0.3 is 5.97 Å². The van der Waals surface area contributed by atoms with Crippen LogP contribution in [0.3, 0.4) is 0 Å². The van der Waals surface area contributed by atoms with E-state index in [2.05, 4.69) is 85.7 Å². The molecule has 3 rings (SSSR count). The molecule has 2 heteroatoms. The third-order valence-electron chi connectivity index (χ3n) is 5.41. The first-order valence-corrected chi connectivity index (χ1v) is 9.37. The Morgan fingerprint density at radius 3 is 2.04 bits per heavy atom. The lowest BCUT2D eigenvalue weighted by Gasteiger charge is -2.27. The average molecular weight is 351 g/mol. The minimum absolute atomic E-state index is 0.00834. The van der Waals surface area contributed by atoms with Gasteiger partial charge in [-0.1, -0.05) is 71.9 Å². The Morgan fingerprint density at radius 2 is 1.50 bits per heavy atom. The molecular formula is C24H30O2. The lowest BCUT2D eigenvalue weighted by molar-refractivity contribution is -0.133. The number of benzene rings is 2. The number of hydrogen-bond donors (Lipinski definition) is 0. The van der Waals surface area contributed by atoms with E-state index in [1.807, 2.05) is 0 Å². The molecule has 1 unspecified atom stereocenters.